The smallest absolute Gasteiger partial charge is 0.265 e. The zero-order valence-corrected chi connectivity index (χ0v) is 21.1. The Bertz CT molecular complexity index is 1080. The van der Waals surface area contributed by atoms with Gasteiger partial charge in [-0.25, -0.2) is 4.39 Å². The average molecular weight is 500 g/mol. The Morgan fingerprint density at radius 2 is 2.20 bits per heavy atom. The zero-order chi connectivity index (χ0) is 26.0. The lowest BCUT2D eigenvalue weighted by Gasteiger charge is -2.32. The number of anilines is 2. The average Bonchev–Trinajstić information content (AvgIpc) is 2.86. The first kappa shape index (κ1) is 27.8. The molecule has 0 spiro atoms. The lowest BCUT2D eigenvalue weighted by Crippen LogP contribution is -2.46. The van der Waals surface area contributed by atoms with Crippen LogP contribution >= 0.6 is 11.6 Å². The standard InChI is InChI=1S/C26H31ClFN5O2/c1-5-19(8-7-18(3)28)15-26(6-2,17-30)9-12-33(4)25(34)24-16-32-22-13-20(27)21(31-11-10-29)14-23(22)35-24/h5,7-8,13-14,24,31-32H,1,6,9,11-12,15-16H2,2-4H3. The molecule has 0 fully saturated rings. The number of fused-ring (bicyclic) bond motifs is 1. The summed E-state index contributed by atoms with van der Waals surface area (Å²) in [5.41, 5.74) is 1.25. The summed E-state index contributed by atoms with van der Waals surface area (Å²) in [5.74, 6) is -0.0839. The molecule has 0 aliphatic carbocycles. The third kappa shape index (κ3) is 7.50. The van der Waals surface area contributed by atoms with Gasteiger partial charge in [-0.15, -0.1) is 0 Å². The second kappa shape index (κ2) is 12.8. The van der Waals surface area contributed by atoms with Gasteiger partial charge in [-0.3, -0.25) is 4.79 Å². The fourth-order valence-corrected chi connectivity index (χ4v) is 3.94. The van der Waals surface area contributed by atoms with Crippen LogP contribution in [-0.2, 0) is 4.79 Å². The van der Waals surface area contributed by atoms with Crippen LogP contribution in [0.5, 0.6) is 5.75 Å². The van der Waals surface area contributed by atoms with E-state index in [9.17, 15) is 14.4 Å². The van der Waals surface area contributed by atoms with E-state index < -0.39 is 11.5 Å². The molecule has 0 saturated carbocycles. The van der Waals surface area contributed by atoms with Gasteiger partial charge in [-0.05, 0) is 43.9 Å². The van der Waals surface area contributed by atoms with Crippen molar-refractivity contribution in [3.8, 4) is 17.9 Å². The molecule has 0 aromatic heterocycles. The first-order valence-electron chi connectivity index (χ1n) is 11.3. The van der Waals surface area contributed by atoms with Gasteiger partial charge in [0.05, 0.1) is 46.3 Å². The van der Waals surface area contributed by atoms with Gasteiger partial charge < -0.3 is 20.3 Å². The second-order valence-corrected chi connectivity index (χ2v) is 8.87. The number of carbonyl (C=O) groups excluding carboxylic acids is 1. The van der Waals surface area contributed by atoms with Crippen LogP contribution in [0.1, 0.15) is 33.1 Å². The molecule has 1 amide bonds. The fraction of sp³-hybridized carbons (Fsp3) is 0.423. The van der Waals surface area contributed by atoms with Crippen LogP contribution in [0.15, 0.2) is 48.3 Å². The predicted octanol–water partition coefficient (Wildman–Crippen LogP) is 5.59. The van der Waals surface area contributed by atoms with Gasteiger partial charge in [0.15, 0.2) is 6.10 Å². The van der Waals surface area contributed by atoms with Crippen LogP contribution in [0.3, 0.4) is 0 Å². The van der Waals surface area contributed by atoms with Gasteiger partial charge in [0.1, 0.15) is 12.3 Å². The molecule has 0 bridgehead atoms. The number of halogens is 2. The minimum Gasteiger partial charge on any atom is -0.476 e. The number of allylic oxidation sites excluding steroid dienone is 5. The highest BCUT2D eigenvalue weighted by Gasteiger charge is 2.33. The van der Waals surface area contributed by atoms with Crippen molar-refractivity contribution in [2.45, 2.75) is 39.2 Å². The van der Waals surface area contributed by atoms with E-state index in [1.807, 2.05) is 13.0 Å². The van der Waals surface area contributed by atoms with Crippen molar-refractivity contribution in [3.63, 3.8) is 0 Å². The van der Waals surface area contributed by atoms with E-state index in [2.05, 4.69) is 23.3 Å². The molecule has 2 rings (SSSR count). The van der Waals surface area contributed by atoms with Crippen LogP contribution in [0.2, 0.25) is 5.02 Å². The predicted molar refractivity (Wildman–Crippen MR) is 137 cm³/mol. The maximum atomic E-state index is 13.1. The molecule has 1 aliphatic rings. The maximum absolute atomic E-state index is 13.1. The Labute approximate surface area is 211 Å². The molecule has 1 aromatic carbocycles. The molecular weight excluding hydrogens is 469 g/mol. The molecule has 2 atom stereocenters. The van der Waals surface area contributed by atoms with E-state index in [1.165, 1.54) is 13.0 Å². The number of hydrogen-bond donors (Lipinski definition) is 2. The topological polar surface area (TPSA) is 101 Å². The highest BCUT2D eigenvalue weighted by Crippen LogP contribution is 2.38. The molecule has 7 nitrogen and oxygen atoms in total. The van der Waals surface area contributed by atoms with Gasteiger partial charge >= 0.3 is 0 Å². The first-order valence-corrected chi connectivity index (χ1v) is 11.7. The first-order chi connectivity index (χ1) is 16.7. The van der Waals surface area contributed by atoms with Crippen LogP contribution in [0.25, 0.3) is 0 Å². The molecule has 2 N–H and O–H groups in total. The quantitative estimate of drug-likeness (QED) is 0.304. The van der Waals surface area contributed by atoms with Crippen molar-refractivity contribution < 1.29 is 13.9 Å². The van der Waals surface area contributed by atoms with Gasteiger partial charge in [0, 0.05) is 19.7 Å². The molecular formula is C26H31ClFN5O2. The van der Waals surface area contributed by atoms with Gasteiger partial charge in [-0.2, -0.15) is 10.5 Å². The number of carbonyl (C=O) groups is 1. The summed E-state index contributed by atoms with van der Waals surface area (Å²) in [4.78, 5) is 14.7. The Kier molecular flexibility index (Phi) is 10.2. The highest BCUT2D eigenvalue weighted by molar-refractivity contribution is 6.33. The van der Waals surface area contributed by atoms with Gasteiger partial charge in [0.25, 0.3) is 5.91 Å². The molecule has 186 valence electrons. The van der Waals surface area contributed by atoms with E-state index in [4.69, 9.17) is 21.6 Å². The van der Waals surface area contributed by atoms with E-state index in [0.29, 0.717) is 48.0 Å². The summed E-state index contributed by atoms with van der Waals surface area (Å²) in [6, 6.07) is 7.75. The molecule has 35 heavy (non-hydrogen) atoms. The van der Waals surface area contributed by atoms with Crippen LogP contribution in [-0.4, -0.2) is 43.6 Å². The van der Waals surface area contributed by atoms with E-state index in [1.54, 1.807) is 36.2 Å². The van der Waals surface area contributed by atoms with Crippen molar-refractivity contribution in [3.05, 3.63) is 53.4 Å². The minimum absolute atomic E-state index is 0.0849. The molecule has 0 radical (unpaired) electrons. The minimum atomic E-state index is -0.753. The molecule has 0 saturated heterocycles. The Morgan fingerprint density at radius 3 is 2.80 bits per heavy atom. The Hall–Kier alpha value is -3.49. The number of likely N-dealkylation sites (N-methyl/N-ethyl adjacent to an activating group) is 1. The number of hydrogen-bond acceptors (Lipinski definition) is 6. The third-order valence-corrected chi connectivity index (χ3v) is 6.31. The number of rotatable bonds is 11. The van der Waals surface area contributed by atoms with Crippen LogP contribution in [0, 0.1) is 28.1 Å². The third-order valence-electron chi connectivity index (χ3n) is 6.00. The summed E-state index contributed by atoms with van der Waals surface area (Å²) >= 11 is 6.24. The Balaban J connectivity index is 2.08. The van der Waals surface area contributed by atoms with Gasteiger partial charge in [0.2, 0.25) is 0 Å². The van der Waals surface area contributed by atoms with E-state index in [-0.39, 0.29) is 24.8 Å². The van der Waals surface area contributed by atoms with Crippen molar-refractivity contribution in [1.29, 1.82) is 10.5 Å². The zero-order valence-electron chi connectivity index (χ0n) is 20.3. The monoisotopic (exact) mass is 499 g/mol. The SMILES string of the molecule is C=CC(=CC=C(C)F)CC(C#N)(CC)CCN(C)C(=O)C1CNc2cc(Cl)c(NCC#N)cc2O1. The molecule has 9 heteroatoms. The van der Waals surface area contributed by atoms with E-state index >= 15 is 0 Å². The number of nitriles is 2. The highest BCUT2D eigenvalue weighted by atomic mass is 35.5. The summed E-state index contributed by atoms with van der Waals surface area (Å²) in [6.07, 6.45) is 5.28. The lowest BCUT2D eigenvalue weighted by molar-refractivity contribution is -0.137. The molecule has 2 unspecified atom stereocenters. The summed E-state index contributed by atoms with van der Waals surface area (Å²) in [6.45, 7) is 7.77. The molecule has 1 aliphatic heterocycles. The number of benzene rings is 1. The normalized spacial score (nSPS) is 16.9. The maximum Gasteiger partial charge on any atom is 0.265 e. The van der Waals surface area contributed by atoms with Crippen molar-refractivity contribution in [2.75, 3.05) is 37.3 Å². The second-order valence-electron chi connectivity index (χ2n) is 8.46. The number of amides is 1. The van der Waals surface area contributed by atoms with Crippen LogP contribution < -0.4 is 15.4 Å². The number of nitrogens with one attached hydrogen (secondary N) is 2. The summed E-state index contributed by atoms with van der Waals surface area (Å²) < 4.78 is 19.1. The number of ether oxygens (including phenoxy) is 1. The molecule has 1 aromatic rings. The van der Waals surface area contributed by atoms with E-state index in [0.717, 1.165) is 5.57 Å². The summed E-state index contributed by atoms with van der Waals surface area (Å²) in [5, 5.41) is 25.2. The fourth-order valence-electron chi connectivity index (χ4n) is 3.71. The lowest BCUT2D eigenvalue weighted by atomic mass is 9.77. The summed E-state index contributed by atoms with van der Waals surface area (Å²) in [7, 11) is 1.68. The van der Waals surface area contributed by atoms with Crippen molar-refractivity contribution in [2.24, 2.45) is 5.41 Å². The molecule has 1 heterocycles. The van der Waals surface area contributed by atoms with Gasteiger partial charge in [-0.1, -0.05) is 37.3 Å². The van der Waals surface area contributed by atoms with Crippen molar-refractivity contribution in [1.82, 2.24) is 4.90 Å². The Morgan fingerprint density at radius 1 is 1.46 bits per heavy atom. The largest absolute Gasteiger partial charge is 0.476 e. The van der Waals surface area contributed by atoms with Crippen LogP contribution in [0.4, 0.5) is 15.8 Å². The number of nitrogens with zero attached hydrogens (tertiary/aromatic N) is 3. The van der Waals surface area contributed by atoms with Crippen molar-refractivity contribution >= 4 is 28.9 Å².